The van der Waals surface area contributed by atoms with Crippen LogP contribution in [-0.2, 0) is 0 Å². The second-order valence-corrected chi connectivity index (χ2v) is 1.49. The van der Waals surface area contributed by atoms with E-state index in [9.17, 15) is 0 Å². The lowest BCUT2D eigenvalue weighted by Gasteiger charge is -1.75. The van der Waals surface area contributed by atoms with E-state index in [1.807, 2.05) is 0 Å². The molecule has 0 aromatic carbocycles. The van der Waals surface area contributed by atoms with Gasteiger partial charge in [-0.25, -0.2) is 0 Å². The predicted molar refractivity (Wildman–Crippen MR) is 29.5 cm³/mol. The Morgan fingerprint density at radius 2 is 2.00 bits per heavy atom. The Morgan fingerprint density at radius 1 is 1.33 bits per heavy atom. The first-order valence-electron chi connectivity index (χ1n) is 2.73. The highest BCUT2D eigenvalue weighted by Crippen LogP contribution is 1.93. The van der Waals surface area contributed by atoms with Crippen LogP contribution in [0.2, 0.25) is 0 Å². The molecule has 0 N–H and O–H groups in total. The number of hydrogen-bond donors (Lipinski definition) is 0. The minimum Gasteiger partial charge on any atom is -0.0613 e. The molecular weight excluding hydrogens is 72.1 g/mol. The quantitative estimate of drug-likeness (QED) is 0.364. The molecule has 0 unspecified atom stereocenters. The average Bonchev–Trinajstić information content (AvgIpc) is 1.61. The highest BCUT2D eigenvalue weighted by atomic mass is 13.8. The summed E-state index contributed by atoms with van der Waals surface area (Å²) in [5.41, 5.74) is 0. The van der Waals surface area contributed by atoms with Gasteiger partial charge in [0.25, 0.3) is 0 Å². The van der Waals surface area contributed by atoms with E-state index in [4.69, 9.17) is 0 Å². The minimum atomic E-state index is 1.23. The van der Waals surface area contributed by atoms with Gasteiger partial charge in [0.1, 0.15) is 0 Å². The van der Waals surface area contributed by atoms with Crippen LogP contribution in [0.5, 0.6) is 0 Å². The minimum absolute atomic E-state index is 1.23. The van der Waals surface area contributed by atoms with E-state index in [0.717, 1.165) is 0 Å². The average molecular weight is 85.2 g/mol. The Bertz CT molecular complexity index is 12.0. The zero-order valence-corrected chi connectivity index (χ0v) is 4.70. The summed E-state index contributed by atoms with van der Waals surface area (Å²) in [7, 11) is 0. The molecule has 0 saturated carbocycles. The summed E-state index contributed by atoms with van der Waals surface area (Å²) < 4.78 is 0. The Labute approximate surface area is 40.6 Å². The van der Waals surface area contributed by atoms with Crippen molar-refractivity contribution in [2.24, 2.45) is 0 Å². The lowest BCUT2D eigenvalue weighted by molar-refractivity contribution is 0.852. The van der Waals surface area contributed by atoms with E-state index in [-0.39, 0.29) is 0 Å². The zero-order valence-electron chi connectivity index (χ0n) is 4.70. The Morgan fingerprint density at radius 3 is 2.17 bits per heavy atom. The molecule has 0 aliphatic carbocycles. The van der Waals surface area contributed by atoms with Gasteiger partial charge in [-0.3, -0.25) is 0 Å². The van der Waals surface area contributed by atoms with Crippen molar-refractivity contribution in [1.29, 1.82) is 0 Å². The van der Waals surface area contributed by atoms with Gasteiger partial charge in [0.15, 0.2) is 0 Å². The van der Waals surface area contributed by atoms with Gasteiger partial charge in [-0.2, -0.15) is 0 Å². The van der Waals surface area contributed by atoms with Crippen molar-refractivity contribution in [3.8, 4) is 0 Å². The van der Waals surface area contributed by atoms with E-state index in [2.05, 4.69) is 20.3 Å². The normalized spacial score (nSPS) is 8.33. The van der Waals surface area contributed by atoms with Gasteiger partial charge >= 0.3 is 0 Å². The van der Waals surface area contributed by atoms with Crippen LogP contribution in [-0.4, -0.2) is 0 Å². The molecule has 0 fully saturated rings. The third-order valence-corrected chi connectivity index (χ3v) is 0.781. The second kappa shape index (κ2) is 4.87. The Balaban J connectivity index is 2.34. The van der Waals surface area contributed by atoms with Crippen molar-refractivity contribution in [1.82, 2.24) is 0 Å². The molecule has 0 bridgehead atoms. The van der Waals surface area contributed by atoms with Gasteiger partial charge in [0, 0.05) is 0 Å². The van der Waals surface area contributed by atoms with Gasteiger partial charge in [0.2, 0.25) is 0 Å². The predicted octanol–water partition coefficient (Wildman–Crippen LogP) is 2.40. The first-order chi connectivity index (χ1) is 2.91. The number of rotatable bonds is 3. The van der Waals surface area contributed by atoms with Gasteiger partial charge in [0.05, 0.1) is 19.3 Å². The molecule has 6 heavy (non-hydrogen) atoms. The van der Waals surface area contributed by atoms with Gasteiger partial charge in [-0.1, -0.05) is 6.92 Å². The molecule has 36 valence electrons. The van der Waals surface area contributed by atoms with Crippen LogP contribution >= 0.6 is 0 Å². The monoisotopic (exact) mass is 85.1 g/mol. The molecule has 0 saturated heterocycles. The summed E-state index contributed by atoms with van der Waals surface area (Å²) in [6.45, 7) is 4.38. The highest BCUT2D eigenvalue weighted by Gasteiger charge is 1.86. The molecule has 0 atom stereocenters. The van der Waals surface area contributed by atoms with Crippen LogP contribution in [0.15, 0.2) is 0 Å². The molecule has 0 heteroatoms. The molecule has 0 aliphatic rings. The van der Waals surface area contributed by atoms with Crippen LogP contribution in [0.3, 0.4) is 0 Å². The van der Waals surface area contributed by atoms with Crippen molar-refractivity contribution in [2.75, 3.05) is 0 Å². The first-order valence-corrected chi connectivity index (χ1v) is 2.73. The van der Waals surface area contributed by atoms with E-state index in [0.29, 0.717) is 0 Å². The molecule has 0 aliphatic heterocycles. The fourth-order valence-electron chi connectivity index (χ4n) is 0.408. The first kappa shape index (κ1) is 5.87. The van der Waals surface area contributed by atoms with Gasteiger partial charge < -0.3 is 0 Å². The van der Waals surface area contributed by atoms with Crippen LogP contribution in [0.4, 0.5) is 0 Å². The van der Waals surface area contributed by atoms with Crippen molar-refractivity contribution < 1.29 is 0 Å². The fourth-order valence-corrected chi connectivity index (χ4v) is 0.408. The van der Waals surface area contributed by atoms with Crippen LogP contribution < -0.4 is 0 Å². The molecule has 0 aromatic heterocycles. The topological polar surface area (TPSA) is 0 Å². The SMILES string of the molecule is CC[CH+]CCC. The molecule has 0 radical (unpaired) electrons. The van der Waals surface area contributed by atoms with Gasteiger partial charge in [-0.05, 0) is 13.3 Å². The van der Waals surface area contributed by atoms with Crippen LogP contribution in [0, 0.1) is 6.42 Å². The largest absolute Gasteiger partial charge is 0.0872 e. The fraction of sp³-hybridized carbons (Fsp3) is 0.833. The Kier molecular flexibility index (Phi) is 4.76. The van der Waals surface area contributed by atoms with Crippen molar-refractivity contribution in [3.63, 3.8) is 0 Å². The lowest BCUT2D eigenvalue weighted by atomic mass is 10.2. The molecule has 0 aromatic rings. The van der Waals surface area contributed by atoms with E-state index in [1.165, 1.54) is 19.3 Å². The summed E-state index contributed by atoms with van der Waals surface area (Å²) in [6.07, 6.45) is 6.12. The molecular formula is C6H13+. The highest BCUT2D eigenvalue weighted by molar-refractivity contribution is 4.57. The third-order valence-electron chi connectivity index (χ3n) is 0.781. The molecule has 0 heterocycles. The summed E-state index contributed by atoms with van der Waals surface area (Å²) in [5, 5.41) is 0. The Hall–Kier alpha value is -0.130. The third kappa shape index (κ3) is 3.87. The van der Waals surface area contributed by atoms with Crippen molar-refractivity contribution in [2.45, 2.75) is 33.1 Å². The maximum Gasteiger partial charge on any atom is 0.0872 e. The van der Waals surface area contributed by atoms with Crippen LogP contribution in [0.25, 0.3) is 0 Å². The van der Waals surface area contributed by atoms with Crippen LogP contribution in [0.1, 0.15) is 33.1 Å². The summed E-state index contributed by atoms with van der Waals surface area (Å²) >= 11 is 0. The van der Waals surface area contributed by atoms with E-state index >= 15 is 0 Å². The molecule has 0 amide bonds. The number of unbranched alkanes of at least 4 members (excludes halogenated alkanes) is 3. The maximum atomic E-state index is 2.31. The number of hydrogen-bond acceptors (Lipinski definition) is 0. The molecule has 0 spiro atoms. The molecule has 0 nitrogen and oxygen atoms in total. The second-order valence-electron chi connectivity index (χ2n) is 1.49. The smallest absolute Gasteiger partial charge is 0.0613 e. The standard InChI is InChI=1S/C6H13/c1-3-5-6-4-2/h5H,3-4,6H2,1-2H3/q+1. The van der Waals surface area contributed by atoms with Crippen molar-refractivity contribution in [3.05, 3.63) is 6.42 Å². The maximum absolute atomic E-state index is 2.31. The summed E-state index contributed by atoms with van der Waals surface area (Å²) in [5.74, 6) is 0. The van der Waals surface area contributed by atoms with Crippen molar-refractivity contribution >= 4 is 0 Å². The van der Waals surface area contributed by atoms with E-state index < -0.39 is 0 Å². The summed E-state index contributed by atoms with van der Waals surface area (Å²) in [6, 6.07) is 0. The van der Waals surface area contributed by atoms with E-state index in [1.54, 1.807) is 0 Å². The lowest BCUT2D eigenvalue weighted by Crippen LogP contribution is -1.67. The summed E-state index contributed by atoms with van der Waals surface area (Å²) in [4.78, 5) is 0. The van der Waals surface area contributed by atoms with Gasteiger partial charge in [-0.15, -0.1) is 0 Å². The zero-order chi connectivity index (χ0) is 4.83. The molecule has 0 rings (SSSR count).